The van der Waals surface area contributed by atoms with E-state index >= 15 is 0 Å². The van der Waals surface area contributed by atoms with Crippen molar-refractivity contribution in [2.75, 3.05) is 24.9 Å². The molecular weight excluding hydrogens is 1930 g/mol. The number of ketones is 1. The number of amides is 1. The number of nitrogens with two attached hydrogens (primary N) is 1. The number of aryl methyl sites for hydroxylation is 6. The number of esters is 2. The molecule has 0 bridgehead atoms. The van der Waals surface area contributed by atoms with Gasteiger partial charge in [-0.3, -0.25) is 33.1 Å². The fourth-order valence-corrected chi connectivity index (χ4v) is 7.72. The fraction of sp³-hybridized carbons (Fsp3) is 0.221. The van der Waals surface area contributed by atoms with Crippen molar-refractivity contribution in [1.29, 1.82) is 5.26 Å². The SMILES string of the molecule is CBr.CC(=O)CCl.CCCCOC(=O)c1cc(-c2ncc(C)[nH]2)ncn1.CCOC(=O)c1cc(=O)[nH]cn1.Cc1cc(-c2ncc(C)[nH]2)ncn1.Cc1cnc(-c2cc(=O)[nH]cn2)[nH]1.Cc1cnc(-c2cc(C(=O)O)ncn2)[nH]1.Cc1cnc(-c2cc(Cl)ncn2)[nH]1.N.N#Cc1cc(Cl)ncn1.NC(=O)c1cc(=O)[nH]cn1.O.O=P(Cl)(Cl)Cl.O=P(Cl)(Cl)Cl.[Li+].[OH-]. The molecule has 13 aromatic rings. The van der Waals surface area contributed by atoms with Gasteiger partial charge in [-0.1, -0.05) is 52.5 Å². The molecule has 666 valence electrons. The molecule has 0 aromatic carbocycles. The van der Waals surface area contributed by atoms with Gasteiger partial charge in [-0.2, -0.15) is 5.26 Å². The second-order valence-corrected chi connectivity index (χ2v) is 36.5. The number of ether oxygens (including phenoxy) is 2. The number of aromatic amines is 8. The Labute approximate surface area is 774 Å². The van der Waals surface area contributed by atoms with Crippen LogP contribution in [0.5, 0.6) is 0 Å². The summed E-state index contributed by atoms with van der Waals surface area (Å²) in [6.45, 7) is 17.3. The zero-order chi connectivity index (χ0) is 90.8. The molecule has 13 aromatic heterocycles. The number of carbonyl (C=O) groups is 5. The van der Waals surface area contributed by atoms with Crippen molar-refractivity contribution in [1.82, 2.24) is 136 Å². The van der Waals surface area contributed by atoms with E-state index in [1.54, 1.807) is 56.4 Å². The summed E-state index contributed by atoms with van der Waals surface area (Å²) in [5, 5.41) is 11.3. The molecule has 17 N–H and O–H groups in total. The first-order chi connectivity index (χ1) is 57.2. The summed E-state index contributed by atoms with van der Waals surface area (Å²) < 4.78 is 28.8. The van der Waals surface area contributed by atoms with Gasteiger partial charge in [-0.15, -0.1) is 11.6 Å². The number of carboxylic acids is 1. The molecule has 0 fully saturated rings. The van der Waals surface area contributed by atoms with Crippen molar-refractivity contribution in [3.8, 4) is 63.7 Å². The van der Waals surface area contributed by atoms with E-state index in [4.69, 9.17) is 55.6 Å². The molecule has 0 unspecified atom stereocenters. The number of unbranched alkanes of at least 4 members (excludes halogenated alkanes) is 1. The monoisotopic (exact) mass is 2000 g/mol. The molecule has 125 heavy (non-hydrogen) atoms. The number of hydrogen-bond acceptors (Lipinski definition) is 33. The summed E-state index contributed by atoms with van der Waals surface area (Å²) in [4.78, 5) is 178. The van der Waals surface area contributed by atoms with Crippen molar-refractivity contribution >= 4 is 158 Å². The number of nitriles is 1. The van der Waals surface area contributed by atoms with E-state index < -0.39 is 34.2 Å². The Balaban J connectivity index is -0.00000133. The van der Waals surface area contributed by atoms with Crippen molar-refractivity contribution < 1.29 is 77.5 Å². The number of H-pyrrole nitrogens is 8. The molecule has 0 aliphatic rings. The van der Waals surface area contributed by atoms with E-state index in [-0.39, 0.29) is 99.4 Å². The van der Waals surface area contributed by atoms with Gasteiger partial charge >= 0.3 is 47.2 Å². The van der Waals surface area contributed by atoms with Gasteiger partial charge in [0.2, 0.25) is 0 Å². The van der Waals surface area contributed by atoms with Crippen LogP contribution in [0.3, 0.4) is 0 Å². The second-order valence-electron chi connectivity index (χ2n) is 22.2. The molecule has 0 radical (unpaired) electrons. The minimum atomic E-state index is -3.22. The summed E-state index contributed by atoms with van der Waals surface area (Å²) in [6.07, 6.45) is 20.8. The summed E-state index contributed by atoms with van der Waals surface area (Å²) in [5.41, 5.74) is 13.2. The average Bonchev–Trinajstić information content (AvgIpc) is 1.80. The smallest absolute Gasteiger partial charge is 0.870 e. The van der Waals surface area contributed by atoms with Crippen LogP contribution in [0.2, 0.25) is 10.3 Å². The second kappa shape index (κ2) is 64.0. The van der Waals surface area contributed by atoms with Crippen molar-refractivity contribution in [2.45, 2.75) is 75.2 Å². The van der Waals surface area contributed by atoms with Crippen LogP contribution in [0.25, 0.3) is 57.6 Å². The zero-order valence-corrected chi connectivity index (χ0v) is 77.6. The van der Waals surface area contributed by atoms with E-state index in [2.05, 4.69) is 218 Å². The van der Waals surface area contributed by atoms with Crippen LogP contribution in [0, 0.1) is 52.9 Å². The predicted molar refractivity (Wildman–Crippen MR) is 470 cm³/mol. The van der Waals surface area contributed by atoms with Crippen molar-refractivity contribution in [2.24, 2.45) is 5.73 Å². The molecule has 13 rings (SSSR count). The number of aromatic nitrogens is 26. The number of rotatable bonds is 14. The van der Waals surface area contributed by atoms with Gasteiger partial charge in [0.15, 0.2) is 46.2 Å². The van der Waals surface area contributed by atoms with Gasteiger partial charge in [-0.25, -0.2) is 104 Å². The van der Waals surface area contributed by atoms with Crippen LogP contribution < -0.4 is 47.4 Å². The van der Waals surface area contributed by atoms with Gasteiger partial charge in [0.25, 0.3) is 22.6 Å². The summed E-state index contributed by atoms with van der Waals surface area (Å²) >= 11 is 46.8. The number of imidazole rings is 5. The Hall–Kier alpha value is -10.8. The third kappa shape index (κ3) is 53.2. The van der Waals surface area contributed by atoms with Gasteiger partial charge in [0.05, 0.1) is 38.1 Å². The Kier molecular flexibility index (Phi) is 60.6. The van der Waals surface area contributed by atoms with Crippen LogP contribution in [0.4, 0.5) is 0 Å². The molecular formula is C68H78BrCl9LiN29O15P2. The number of halogens is 10. The van der Waals surface area contributed by atoms with Crippen molar-refractivity contribution in [3.05, 3.63) is 234 Å². The number of hydrogen-bond donors (Lipinski definition) is 11. The Bertz CT molecular complexity index is 5640. The van der Waals surface area contributed by atoms with Gasteiger partial charge in [0, 0.05) is 108 Å². The normalized spacial score (nSPS) is 9.56. The number of primary amides is 1. The first-order valence-electron chi connectivity index (χ1n) is 33.4. The number of carboxylic acid groups (broad SMARTS) is 1. The molecule has 44 nitrogen and oxygen atoms in total. The zero-order valence-electron chi connectivity index (χ0n) is 67.4. The van der Waals surface area contributed by atoms with Crippen molar-refractivity contribution in [3.63, 3.8) is 0 Å². The standard InChI is InChI=1S/C13H16N4O2.C9H8N4O2.C9H10N4.C8H7ClN4.C8H8N4O.C7H8N2O3.C5H2ClN3.C5H5N3O2.C3H5ClO.CH3Br.2Cl3OP.Li.H3N.2H2O/c1-3-4-5-19-13(18)11-6-10(15-8-16-11)12-14-7-9(2)17-12;1-5-3-10-8(13-5)6-2-7(9(14)15)12-4-11-6;1-6-3-8(12-5-11-6)9-10-4-7(2)13-9;1-5-3-10-8(13-5)6-2-7(9)12-4-11-6;1-5-3-9-8(12-5)6-2-7(13)11-4-10-6;1-2-12-7(11)5-3-6(10)9-4-8-5;6-5-1-4(2-7)8-3-9-5;6-5(10)3-1-4(9)8-2-7-3;1-3(5)2-4;1-2;2*1-5(2,3)4;;;;/h6-8H,3-5H2,1-2H3,(H,14,17);2-4H,1H3,(H,10,13)(H,14,15);3-5H,1-2H3,(H,10,13);2-4H,1H3,(H,10,13);2-4H,1H3,(H,9,12)(H,10,11,13);3-4H,2H2,1H3,(H,8,9,10);1,3H;1-2H,(H2,6,10)(H,7,8,9);2H2,1H3;1H3;;;;1H3;2*1H2/q;;;;;;;;;;;;+1;;;/p-1. The molecule has 1 amide bonds. The maximum Gasteiger partial charge on any atom is 1.00 e. The quantitative estimate of drug-likeness (QED) is 0.0120. The molecule has 0 atom stereocenters. The van der Waals surface area contributed by atoms with Crippen LogP contribution in [-0.2, 0) is 23.4 Å². The molecule has 0 saturated carbocycles. The maximum atomic E-state index is 11.8. The Morgan fingerprint density at radius 1 is 0.480 bits per heavy atom. The fourth-order valence-electron chi connectivity index (χ4n) is 7.43. The Morgan fingerprint density at radius 2 is 0.800 bits per heavy atom. The summed E-state index contributed by atoms with van der Waals surface area (Å²) in [5.74, 6) is 2.45. The van der Waals surface area contributed by atoms with E-state index in [0.717, 1.165) is 83.3 Å². The van der Waals surface area contributed by atoms with Gasteiger partial charge < -0.3 is 77.3 Å². The first kappa shape index (κ1) is 118. The van der Waals surface area contributed by atoms with Crippen LogP contribution in [0.15, 0.2) is 145 Å². The molecule has 13 heterocycles. The minimum absolute atomic E-state index is 0. The van der Waals surface area contributed by atoms with Gasteiger partial charge in [-0.05, 0) is 141 Å². The van der Waals surface area contributed by atoms with Crippen LogP contribution in [-0.4, -0.2) is 200 Å². The largest absolute Gasteiger partial charge is 1.00 e. The number of nitrogens with one attached hydrogen (secondary N) is 8. The van der Waals surface area contributed by atoms with Gasteiger partial charge in [0.1, 0.15) is 93.7 Å². The number of nitrogens with zero attached hydrogens (tertiary/aromatic N) is 19. The van der Waals surface area contributed by atoms with E-state index in [1.807, 2.05) is 66.4 Å². The number of aromatic carboxylic acids is 1. The third-order valence-electron chi connectivity index (χ3n) is 12.4. The first-order valence-corrected chi connectivity index (χ1v) is 45.1. The number of Topliss-reactive ketones (excluding diaryl/α,β-unsaturated/α-hetero) is 1. The number of alkyl halides is 2. The topological polar surface area (TPSA) is 714 Å². The summed E-state index contributed by atoms with van der Waals surface area (Å²) in [7, 11) is 0. The summed E-state index contributed by atoms with van der Waals surface area (Å²) in [6, 6.07) is 13.3. The van der Waals surface area contributed by atoms with Crippen LogP contribution >= 0.6 is 129 Å². The van der Waals surface area contributed by atoms with Crippen LogP contribution in [0.1, 0.15) is 115 Å². The third-order valence-corrected chi connectivity index (χ3v) is 13.2. The predicted octanol–water partition coefficient (Wildman–Crippen LogP) is 10.2. The van der Waals surface area contributed by atoms with E-state index in [1.165, 1.54) is 56.8 Å². The maximum absolute atomic E-state index is 11.8. The average molecular weight is 2010 g/mol. The van der Waals surface area contributed by atoms with E-state index in [0.29, 0.717) is 63.0 Å². The molecule has 0 spiro atoms. The van der Waals surface area contributed by atoms with E-state index in [9.17, 15) is 47.5 Å². The minimum Gasteiger partial charge on any atom is -0.870 e. The Morgan fingerprint density at radius 3 is 1.12 bits per heavy atom. The molecule has 0 aliphatic carbocycles. The molecule has 0 aliphatic heterocycles. The molecule has 0 saturated heterocycles. The molecule has 57 heteroatoms. The number of carbonyl (C=O) groups excluding carboxylic acids is 4.